The fourth-order valence-corrected chi connectivity index (χ4v) is 1.88. The van der Waals surface area contributed by atoms with Crippen molar-refractivity contribution < 1.29 is 4.84 Å². The van der Waals surface area contributed by atoms with Gasteiger partial charge in [0.15, 0.2) is 0 Å². The van der Waals surface area contributed by atoms with Crippen molar-refractivity contribution in [2.24, 2.45) is 0 Å². The lowest BCUT2D eigenvalue weighted by atomic mass is 10.2. The molecule has 6 heteroatoms. The smallest absolute Gasteiger partial charge is 0.255 e. The fourth-order valence-electron chi connectivity index (χ4n) is 1.88. The van der Waals surface area contributed by atoms with Crippen molar-refractivity contribution in [3.8, 4) is 0 Å². The van der Waals surface area contributed by atoms with Crippen LogP contribution in [0.2, 0.25) is 0 Å². The zero-order valence-corrected chi connectivity index (χ0v) is 10.4. The Morgan fingerprint density at radius 1 is 1.10 bits per heavy atom. The van der Waals surface area contributed by atoms with Gasteiger partial charge in [0, 0.05) is 5.39 Å². The topological polar surface area (TPSA) is 94.3 Å². The Morgan fingerprint density at radius 2 is 1.90 bits per heavy atom. The summed E-state index contributed by atoms with van der Waals surface area (Å²) in [5.41, 5.74) is 7.89. The molecule has 20 heavy (non-hydrogen) atoms. The second-order valence-corrected chi connectivity index (χ2v) is 4.33. The molecule has 1 aromatic heterocycles. The minimum Gasteiger partial charge on any atom is -0.394 e. The van der Waals surface area contributed by atoms with Gasteiger partial charge in [-0.15, -0.1) is 0 Å². The lowest BCUT2D eigenvalue weighted by Crippen LogP contribution is -2.37. The van der Waals surface area contributed by atoms with Gasteiger partial charge in [-0.25, -0.2) is 0 Å². The first-order chi connectivity index (χ1) is 9.66. The largest absolute Gasteiger partial charge is 0.394 e. The highest BCUT2D eigenvalue weighted by Crippen LogP contribution is 2.13. The molecule has 100 valence electrons. The van der Waals surface area contributed by atoms with Crippen LogP contribution in [0.1, 0.15) is 5.69 Å². The maximum atomic E-state index is 11.1. The van der Waals surface area contributed by atoms with Gasteiger partial charge in [-0.3, -0.25) is 24.9 Å². The molecule has 0 saturated carbocycles. The number of nitrogen functional groups attached to an aromatic ring is 1. The summed E-state index contributed by atoms with van der Waals surface area (Å²) in [5, 5.41) is 1.04. The summed E-state index contributed by atoms with van der Waals surface area (Å²) in [6.07, 6.45) is 0. The molecule has 0 fully saturated rings. The van der Waals surface area contributed by atoms with E-state index in [1.54, 1.807) is 0 Å². The number of rotatable bonds is 4. The van der Waals surface area contributed by atoms with Gasteiger partial charge in [0.25, 0.3) is 10.9 Å². The highest BCUT2D eigenvalue weighted by Gasteiger charge is 2.17. The number of para-hydroxylation sites is 1. The molecule has 0 saturated heterocycles. The van der Waals surface area contributed by atoms with Crippen molar-refractivity contribution in [2.75, 3.05) is 11.2 Å². The van der Waals surface area contributed by atoms with Gasteiger partial charge >= 0.3 is 0 Å². The molecule has 0 unspecified atom stereocenters. The summed E-state index contributed by atoms with van der Waals surface area (Å²) in [7, 11) is 0. The van der Waals surface area contributed by atoms with Gasteiger partial charge in [0.05, 0.1) is 11.2 Å². The maximum absolute atomic E-state index is 11.1. The van der Waals surface area contributed by atoms with Gasteiger partial charge < -0.3 is 5.73 Å². The quantitative estimate of drug-likeness (QED) is 0.541. The number of nitrogens with zero attached hydrogens (tertiary/aromatic N) is 1. The van der Waals surface area contributed by atoms with E-state index in [0.29, 0.717) is 5.69 Å². The van der Waals surface area contributed by atoms with Gasteiger partial charge in [0.2, 0.25) is 0 Å². The van der Waals surface area contributed by atoms with Crippen LogP contribution in [0, 0.1) is 0 Å². The van der Waals surface area contributed by atoms with Crippen LogP contribution in [0.5, 0.6) is 0 Å². The predicted octanol–water partition coefficient (Wildman–Crippen LogP) is 0.957. The summed E-state index contributed by atoms with van der Waals surface area (Å²) in [5.74, 6) is 0. The molecule has 3 aromatic rings. The van der Waals surface area contributed by atoms with Crippen molar-refractivity contribution in [1.82, 2.24) is 4.98 Å². The third-order valence-electron chi connectivity index (χ3n) is 3.00. The zero-order chi connectivity index (χ0) is 14.1. The minimum absolute atomic E-state index is 0.00999. The molecular weight excluding hydrogens is 258 g/mol. The first-order valence-corrected chi connectivity index (χ1v) is 5.98. The number of nitrogens with one attached hydrogen (secondary N) is 1. The standard InChI is InChI=1S/C14H11N3O3/c15-11-12(14(19)13(11)18)17-20-7-9-6-5-8-3-1-2-4-10(8)16-9/h1-6,17H,7,15H2. The van der Waals surface area contributed by atoms with Crippen molar-refractivity contribution >= 4 is 22.3 Å². The van der Waals surface area contributed by atoms with E-state index < -0.39 is 10.9 Å². The highest BCUT2D eigenvalue weighted by atomic mass is 16.6. The molecule has 3 rings (SSSR count). The van der Waals surface area contributed by atoms with Crippen LogP contribution >= 0.6 is 0 Å². The molecule has 3 N–H and O–H groups in total. The lowest BCUT2D eigenvalue weighted by molar-refractivity contribution is 0.177. The third kappa shape index (κ3) is 2.02. The second-order valence-electron chi connectivity index (χ2n) is 4.33. The molecule has 0 atom stereocenters. The van der Waals surface area contributed by atoms with Crippen LogP contribution < -0.4 is 22.1 Å². The van der Waals surface area contributed by atoms with Crippen molar-refractivity contribution in [3.63, 3.8) is 0 Å². The molecule has 0 spiro atoms. The molecule has 0 bridgehead atoms. The summed E-state index contributed by atoms with van der Waals surface area (Å²) in [4.78, 5) is 31.6. The summed E-state index contributed by atoms with van der Waals surface area (Å²) < 4.78 is 0. The number of hydrogen-bond acceptors (Lipinski definition) is 6. The molecule has 0 aliphatic heterocycles. The van der Waals surface area contributed by atoms with Crippen LogP contribution in [-0.2, 0) is 11.4 Å². The monoisotopic (exact) mass is 269 g/mol. The number of nitrogens with two attached hydrogens (primary N) is 1. The molecular formula is C14H11N3O3. The van der Waals surface area contributed by atoms with Crippen molar-refractivity contribution in [1.29, 1.82) is 0 Å². The Bertz CT molecular complexity index is 850. The molecule has 0 radical (unpaired) electrons. The molecule has 2 aromatic carbocycles. The number of aromatic nitrogens is 1. The van der Waals surface area contributed by atoms with E-state index in [1.807, 2.05) is 36.4 Å². The molecule has 0 amide bonds. The molecule has 1 heterocycles. The van der Waals surface area contributed by atoms with Gasteiger partial charge in [-0.05, 0) is 12.1 Å². The first-order valence-electron chi connectivity index (χ1n) is 5.98. The van der Waals surface area contributed by atoms with Gasteiger partial charge in [0.1, 0.15) is 18.0 Å². The van der Waals surface area contributed by atoms with Crippen LogP contribution in [0.3, 0.4) is 0 Å². The number of benzene rings is 1. The van der Waals surface area contributed by atoms with E-state index in [9.17, 15) is 9.59 Å². The van der Waals surface area contributed by atoms with E-state index >= 15 is 0 Å². The number of fused-ring (bicyclic) bond motifs is 1. The van der Waals surface area contributed by atoms with Crippen molar-refractivity contribution in [2.45, 2.75) is 6.61 Å². The molecule has 0 aliphatic rings. The highest BCUT2D eigenvalue weighted by molar-refractivity contribution is 5.78. The Hall–Kier alpha value is -2.73. The average molecular weight is 269 g/mol. The van der Waals surface area contributed by atoms with E-state index in [-0.39, 0.29) is 18.0 Å². The maximum Gasteiger partial charge on any atom is 0.255 e. The normalized spacial score (nSPS) is 11.0. The van der Waals surface area contributed by atoms with E-state index in [2.05, 4.69) is 10.5 Å². The minimum atomic E-state index is -0.681. The Kier molecular flexibility index (Phi) is 2.92. The van der Waals surface area contributed by atoms with Gasteiger partial charge in [-0.1, -0.05) is 24.3 Å². The summed E-state index contributed by atoms with van der Waals surface area (Å²) in [6, 6.07) is 11.5. The summed E-state index contributed by atoms with van der Waals surface area (Å²) >= 11 is 0. The van der Waals surface area contributed by atoms with E-state index in [0.717, 1.165) is 10.9 Å². The number of pyridine rings is 1. The average Bonchev–Trinajstić information content (AvgIpc) is 2.50. The first kappa shape index (κ1) is 12.3. The van der Waals surface area contributed by atoms with Crippen LogP contribution in [0.4, 0.5) is 11.4 Å². The second kappa shape index (κ2) is 4.75. The molecule has 0 aliphatic carbocycles. The summed E-state index contributed by atoms with van der Waals surface area (Å²) in [6.45, 7) is 0.156. The SMILES string of the molecule is Nc1c(NOCc2ccc3ccccc3n2)c(=O)c1=O. The fraction of sp³-hybridized carbons (Fsp3) is 0.0714. The van der Waals surface area contributed by atoms with E-state index in [4.69, 9.17) is 10.6 Å². The predicted molar refractivity (Wildman–Crippen MR) is 75.9 cm³/mol. The lowest BCUT2D eigenvalue weighted by Gasteiger charge is -2.09. The molecule has 6 nitrogen and oxygen atoms in total. The van der Waals surface area contributed by atoms with Crippen molar-refractivity contribution in [3.05, 3.63) is 62.5 Å². The van der Waals surface area contributed by atoms with Crippen LogP contribution in [0.25, 0.3) is 10.9 Å². The van der Waals surface area contributed by atoms with Crippen LogP contribution in [0.15, 0.2) is 46.0 Å². The van der Waals surface area contributed by atoms with E-state index in [1.165, 1.54) is 0 Å². The third-order valence-corrected chi connectivity index (χ3v) is 3.00. The van der Waals surface area contributed by atoms with Gasteiger partial charge in [-0.2, -0.15) is 0 Å². The Labute approximate surface area is 113 Å². The number of hydrogen-bond donors (Lipinski definition) is 2. The number of anilines is 2. The Balaban J connectivity index is 1.68. The van der Waals surface area contributed by atoms with Crippen LogP contribution in [-0.4, -0.2) is 4.98 Å². The Morgan fingerprint density at radius 3 is 2.70 bits per heavy atom. The zero-order valence-electron chi connectivity index (χ0n) is 10.4.